The summed E-state index contributed by atoms with van der Waals surface area (Å²) in [6.45, 7) is 1.85. The Labute approximate surface area is 219 Å². The molecule has 9 nitrogen and oxygen atoms in total. The minimum absolute atomic E-state index is 0.256. The Kier molecular flexibility index (Phi) is 5.02. The van der Waals surface area contributed by atoms with Crippen molar-refractivity contribution in [3.8, 4) is 22.4 Å². The minimum atomic E-state index is -0.623. The molecule has 0 bridgehead atoms. The van der Waals surface area contributed by atoms with Crippen LogP contribution in [0.5, 0.6) is 0 Å². The molecule has 0 aliphatic heterocycles. The number of hydrogen-bond donors (Lipinski definition) is 2. The molecule has 39 heavy (non-hydrogen) atoms. The van der Waals surface area contributed by atoms with Crippen LogP contribution < -0.4 is 11.2 Å². The van der Waals surface area contributed by atoms with Crippen LogP contribution in [0.2, 0.25) is 0 Å². The lowest BCUT2D eigenvalue weighted by Gasteiger charge is -2.17. The van der Waals surface area contributed by atoms with E-state index in [2.05, 4.69) is 20.2 Å². The molecule has 0 spiro atoms. The number of nitrogens with two attached hydrogens (primary N) is 1. The van der Waals surface area contributed by atoms with E-state index in [1.165, 1.54) is 18.5 Å². The van der Waals surface area contributed by atoms with Gasteiger partial charge in [-0.2, -0.15) is 10.2 Å². The van der Waals surface area contributed by atoms with Crippen molar-refractivity contribution >= 4 is 38.7 Å². The summed E-state index contributed by atoms with van der Waals surface area (Å²) >= 11 is 0. The molecule has 0 aliphatic carbocycles. The Morgan fingerprint density at radius 2 is 1.90 bits per heavy atom. The van der Waals surface area contributed by atoms with Crippen LogP contribution in [0.25, 0.3) is 55.3 Å². The number of halogens is 1. The Morgan fingerprint density at radius 1 is 1.03 bits per heavy atom. The van der Waals surface area contributed by atoms with E-state index in [1.807, 2.05) is 25.1 Å². The number of nitrogens with one attached hydrogen (secondary N) is 1. The molecular weight excluding hydrogens is 497 g/mol. The highest BCUT2D eigenvalue weighted by molar-refractivity contribution is 6.00. The van der Waals surface area contributed by atoms with Crippen LogP contribution in [0.4, 0.5) is 10.2 Å². The predicted octanol–water partition coefficient (Wildman–Crippen LogP) is 5.47. The molecule has 4 aromatic heterocycles. The van der Waals surface area contributed by atoms with Crippen molar-refractivity contribution < 1.29 is 8.81 Å². The van der Waals surface area contributed by atoms with Crippen molar-refractivity contribution in [3.63, 3.8) is 0 Å². The fourth-order valence-corrected chi connectivity index (χ4v) is 5.03. The van der Waals surface area contributed by atoms with Gasteiger partial charge in [-0.3, -0.25) is 9.89 Å². The van der Waals surface area contributed by atoms with Crippen LogP contribution in [0.1, 0.15) is 18.7 Å². The van der Waals surface area contributed by atoms with Crippen LogP contribution in [-0.4, -0.2) is 29.9 Å². The fourth-order valence-electron chi connectivity index (χ4n) is 5.03. The van der Waals surface area contributed by atoms with Gasteiger partial charge < -0.3 is 10.2 Å². The molecule has 0 fully saturated rings. The van der Waals surface area contributed by atoms with Crippen molar-refractivity contribution in [2.24, 2.45) is 0 Å². The van der Waals surface area contributed by atoms with Crippen molar-refractivity contribution in [3.05, 3.63) is 101 Å². The smallest absolute Gasteiger partial charge is 0.200 e. The van der Waals surface area contributed by atoms with Crippen molar-refractivity contribution in [1.29, 1.82) is 0 Å². The normalized spacial score (nSPS) is 12.5. The molecule has 0 radical (unpaired) electrons. The highest BCUT2D eigenvalue weighted by Gasteiger charge is 2.27. The first-order chi connectivity index (χ1) is 19.0. The maximum absolute atomic E-state index is 14.3. The van der Waals surface area contributed by atoms with Crippen LogP contribution in [0.3, 0.4) is 0 Å². The summed E-state index contributed by atoms with van der Waals surface area (Å²) in [5.74, 6) is 0.130. The SMILES string of the molecule is CC(c1oc2ccccc2c(=O)c1-c1cccc(F)c1)n1nc(-c2ccc3cn[nH]c3c2)c2c(N)ncnc21. The average Bonchev–Trinajstić information content (AvgIpc) is 3.58. The summed E-state index contributed by atoms with van der Waals surface area (Å²) in [6.07, 6.45) is 3.11. The number of anilines is 1. The first-order valence-corrected chi connectivity index (χ1v) is 12.2. The van der Waals surface area contributed by atoms with Crippen LogP contribution in [0.15, 0.2) is 88.5 Å². The van der Waals surface area contributed by atoms with E-state index in [9.17, 15) is 9.18 Å². The van der Waals surface area contributed by atoms with Crippen molar-refractivity contribution in [2.75, 3.05) is 5.73 Å². The zero-order valence-electron chi connectivity index (χ0n) is 20.6. The van der Waals surface area contributed by atoms with E-state index in [0.29, 0.717) is 39.0 Å². The highest BCUT2D eigenvalue weighted by Crippen LogP contribution is 2.36. The molecule has 0 amide bonds. The minimum Gasteiger partial charge on any atom is -0.458 e. The van der Waals surface area contributed by atoms with Crippen LogP contribution >= 0.6 is 0 Å². The van der Waals surface area contributed by atoms with Gasteiger partial charge in [0.05, 0.1) is 28.0 Å². The second-order valence-electron chi connectivity index (χ2n) is 9.28. The lowest BCUT2D eigenvalue weighted by Crippen LogP contribution is -2.16. The standard InChI is InChI=1S/C29H20FN7O2/c1-15(27-23(16-5-4-6-19(30)11-16)26(38)20-7-2-3-8-22(20)39-27)37-29-24(28(31)32-14-33-29)25(36-37)17-9-10-18-13-34-35-21(18)12-17/h2-15H,1H3,(H,34,35)(H2,31,32,33). The molecule has 1 unspecified atom stereocenters. The maximum atomic E-state index is 14.3. The molecule has 3 aromatic carbocycles. The Hall–Kier alpha value is -5.38. The van der Waals surface area contributed by atoms with Gasteiger partial charge in [0.1, 0.15) is 41.0 Å². The van der Waals surface area contributed by atoms with E-state index in [4.69, 9.17) is 15.2 Å². The second-order valence-corrected chi connectivity index (χ2v) is 9.28. The molecule has 3 N–H and O–H groups in total. The number of para-hydroxylation sites is 1. The third-order valence-corrected chi connectivity index (χ3v) is 6.92. The van der Waals surface area contributed by atoms with Gasteiger partial charge in [0.25, 0.3) is 0 Å². The Balaban J connectivity index is 1.50. The zero-order valence-corrected chi connectivity index (χ0v) is 20.6. The third-order valence-electron chi connectivity index (χ3n) is 6.92. The summed E-state index contributed by atoms with van der Waals surface area (Å²) < 4.78 is 22.3. The number of H-pyrrole nitrogens is 1. The zero-order chi connectivity index (χ0) is 26.7. The Bertz CT molecular complexity index is 2110. The van der Waals surface area contributed by atoms with Crippen LogP contribution in [-0.2, 0) is 0 Å². The molecule has 0 saturated carbocycles. The monoisotopic (exact) mass is 517 g/mol. The molecule has 7 aromatic rings. The van der Waals surface area contributed by atoms with Gasteiger partial charge in [0, 0.05) is 10.9 Å². The van der Waals surface area contributed by atoms with Crippen molar-refractivity contribution in [1.82, 2.24) is 29.9 Å². The predicted molar refractivity (Wildman–Crippen MR) is 147 cm³/mol. The Morgan fingerprint density at radius 3 is 2.77 bits per heavy atom. The number of aromatic amines is 1. The third kappa shape index (κ3) is 3.57. The molecule has 0 saturated heterocycles. The second kappa shape index (κ2) is 8.59. The average molecular weight is 518 g/mol. The number of hydrogen-bond acceptors (Lipinski definition) is 7. The van der Waals surface area contributed by atoms with E-state index in [1.54, 1.807) is 47.3 Å². The topological polar surface area (TPSA) is 129 Å². The highest BCUT2D eigenvalue weighted by atomic mass is 19.1. The molecule has 190 valence electrons. The first-order valence-electron chi connectivity index (χ1n) is 12.2. The number of rotatable bonds is 4. The first kappa shape index (κ1) is 22.8. The summed E-state index contributed by atoms with van der Waals surface area (Å²) in [6, 6.07) is 18.1. The molecule has 1 atom stereocenters. The molecule has 7 rings (SSSR count). The van der Waals surface area contributed by atoms with Gasteiger partial charge in [0.15, 0.2) is 5.65 Å². The van der Waals surface area contributed by atoms with Gasteiger partial charge in [0.2, 0.25) is 5.43 Å². The van der Waals surface area contributed by atoms with E-state index < -0.39 is 11.9 Å². The summed E-state index contributed by atoms with van der Waals surface area (Å²) in [7, 11) is 0. The van der Waals surface area contributed by atoms with Crippen LogP contribution in [0, 0.1) is 5.82 Å². The molecule has 10 heteroatoms. The quantitative estimate of drug-likeness (QED) is 0.317. The number of nitrogen functional groups attached to an aromatic ring is 1. The maximum Gasteiger partial charge on any atom is 0.200 e. The molecule has 0 aliphatic rings. The van der Waals surface area contributed by atoms with Gasteiger partial charge in [-0.05, 0) is 42.8 Å². The summed E-state index contributed by atoms with van der Waals surface area (Å²) in [4.78, 5) is 22.5. The van der Waals surface area contributed by atoms with E-state index in [-0.39, 0.29) is 16.8 Å². The van der Waals surface area contributed by atoms with E-state index in [0.717, 1.165) is 16.5 Å². The van der Waals surface area contributed by atoms with Crippen molar-refractivity contribution in [2.45, 2.75) is 13.0 Å². The summed E-state index contributed by atoms with van der Waals surface area (Å²) in [5.41, 5.74) is 9.82. The van der Waals surface area contributed by atoms with Gasteiger partial charge in [-0.15, -0.1) is 0 Å². The number of benzene rings is 3. The number of aromatic nitrogens is 6. The van der Waals surface area contributed by atoms with Gasteiger partial charge >= 0.3 is 0 Å². The van der Waals surface area contributed by atoms with E-state index >= 15 is 0 Å². The largest absolute Gasteiger partial charge is 0.458 e. The number of fused-ring (bicyclic) bond motifs is 3. The lowest BCUT2D eigenvalue weighted by atomic mass is 9.99. The molecule has 4 heterocycles. The molecular formula is C29H20FN7O2. The fraction of sp³-hybridized carbons (Fsp3) is 0.0690. The van der Waals surface area contributed by atoms with Gasteiger partial charge in [-0.1, -0.05) is 36.4 Å². The summed E-state index contributed by atoms with van der Waals surface area (Å²) in [5, 5.41) is 13.9. The lowest BCUT2D eigenvalue weighted by molar-refractivity contribution is 0.446. The van der Waals surface area contributed by atoms with Gasteiger partial charge in [-0.25, -0.2) is 19.0 Å². The number of nitrogens with zero attached hydrogens (tertiary/aromatic N) is 5.